The van der Waals surface area contributed by atoms with Crippen LogP contribution in [0.3, 0.4) is 0 Å². The van der Waals surface area contributed by atoms with E-state index in [4.69, 9.17) is 0 Å². The molecule has 2 nitrogen and oxygen atoms in total. The molecule has 0 aliphatic heterocycles. The fourth-order valence-corrected chi connectivity index (χ4v) is 2.76. The van der Waals surface area contributed by atoms with Crippen LogP contribution in [-0.2, 0) is 0 Å². The maximum Gasteiger partial charge on any atom is 0.0415 e. The highest BCUT2D eigenvalue weighted by molar-refractivity contribution is 9.10. The van der Waals surface area contributed by atoms with Crippen molar-refractivity contribution in [3.63, 3.8) is 0 Å². The first-order valence-electron chi connectivity index (χ1n) is 6.74. The Morgan fingerprint density at radius 1 is 1.28 bits per heavy atom. The third-order valence-corrected chi connectivity index (χ3v) is 4.25. The molecule has 0 aromatic heterocycles. The Morgan fingerprint density at radius 3 is 2.39 bits per heavy atom. The molecule has 1 aromatic carbocycles. The third-order valence-electron chi connectivity index (χ3n) is 3.76. The largest absolute Gasteiger partial charge is 0.371 e. The number of hydrogen-bond acceptors (Lipinski definition) is 2. The molecule has 0 amide bonds. The Kier molecular flexibility index (Phi) is 6.16. The molecule has 102 valence electrons. The lowest BCUT2D eigenvalue weighted by molar-refractivity contribution is 0.582. The van der Waals surface area contributed by atoms with E-state index in [1.165, 1.54) is 24.1 Å². The van der Waals surface area contributed by atoms with Crippen LogP contribution >= 0.6 is 15.9 Å². The topological polar surface area (TPSA) is 15.3 Å². The highest BCUT2D eigenvalue weighted by Gasteiger charge is 2.17. The molecule has 1 rings (SSSR count). The smallest absolute Gasteiger partial charge is 0.0415 e. The molecule has 0 heterocycles. The minimum atomic E-state index is 0.356. The number of anilines is 1. The molecule has 0 aliphatic carbocycles. The molecule has 1 N–H and O–H groups in total. The van der Waals surface area contributed by atoms with Crippen molar-refractivity contribution >= 4 is 21.6 Å². The second-order valence-corrected chi connectivity index (χ2v) is 5.71. The molecule has 1 atom stereocenters. The predicted octanol–water partition coefficient (Wildman–Crippen LogP) is 4.35. The minimum Gasteiger partial charge on any atom is -0.371 e. The average molecular weight is 313 g/mol. The summed E-state index contributed by atoms with van der Waals surface area (Å²) in [4.78, 5) is 2.41. The first kappa shape index (κ1) is 15.5. The van der Waals surface area contributed by atoms with Crippen molar-refractivity contribution in [3.8, 4) is 0 Å². The van der Waals surface area contributed by atoms with E-state index in [-0.39, 0.29) is 0 Å². The standard InChI is InChI=1S/C15H25BrN2/c1-6-13(7-2)18(5)15-9-8-12(16)10-14(15)11(3)17-4/h8-11,13,17H,6-7H2,1-5H3. The van der Waals surface area contributed by atoms with Gasteiger partial charge in [0, 0.05) is 29.3 Å². The lowest BCUT2D eigenvalue weighted by atomic mass is 10.0. The van der Waals surface area contributed by atoms with Crippen LogP contribution in [0.1, 0.15) is 45.2 Å². The van der Waals surface area contributed by atoms with E-state index in [0.717, 1.165) is 4.47 Å². The van der Waals surface area contributed by atoms with Gasteiger partial charge in [-0.2, -0.15) is 0 Å². The quantitative estimate of drug-likeness (QED) is 0.840. The van der Waals surface area contributed by atoms with Crippen molar-refractivity contribution < 1.29 is 0 Å². The van der Waals surface area contributed by atoms with E-state index < -0.39 is 0 Å². The molecular formula is C15H25BrN2. The second kappa shape index (κ2) is 7.15. The van der Waals surface area contributed by atoms with Crippen LogP contribution < -0.4 is 10.2 Å². The van der Waals surface area contributed by atoms with Crippen LogP contribution in [0.2, 0.25) is 0 Å². The van der Waals surface area contributed by atoms with Gasteiger partial charge in [0.1, 0.15) is 0 Å². The van der Waals surface area contributed by atoms with Crippen molar-refractivity contribution in [2.75, 3.05) is 19.0 Å². The van der Waals surface area contributed by atoms with Crippen molar-refractivity contribution in [1.82, 2.24) is 5.32 Å². The molecular weight excluding hydrogens is 288 g/mol. The zero-order valence-electron chi connectivity index (χ0n) is 12.1. The molecule has 0 radical (unpaired) electrons. The Balaban J connectivity index is 3.14. The van der Waals surface area contributed by atoms with Crippen molar-refractivity contribution in [2.24, 2.45) is 0 Å². The van der Waals surface area contributed by atoms with E-state index in [1.54, 1.807) is 0 Å². The maximum absolute atomic E-state index is 3.57. The van der Waals surface area contributed by atoms with Crippen LogP contribution in [0.25, 0.3) is 0 Å². The number of benzene rings is 1. The Morgan fingerprint density at radius 2 is 1.89 bits per heavy atom. The summed E-state index contributed by atoms with van der Waals surface area (Å²) in [6, 6.07) is 7.52. The number of hydrogen-bond donors (Lipinski definition) is 1. The molecule has 0 fully saturated rings. The lowest BCUT2D eigenvalue weighted by Gasteiger charge is -2.31. The molecule has 0 aliphatic rings. The Bertz CT molecular complexity index is 375. The predicted molar refractivity (Wildman–Crippen MR) is 84.4 cm³/mol. The first-order valence-corrected chi connectivity index (χ1v) is 7.53. The highest BCUT2D eigenvalue weighted by Crippen LogP contribution is 2.30. The molecule has 0 spiro atoms. The van der Waals surface area contributed by atoms with Crippen molar-refractivity contribution in [1.29, 1.82) is 0 Å². The third kappa shape index (κ3) is 3.48. The second-order valence-electron chi connectivity index (χ2n) is 4.79. The number of nitrogens with one attached hydrogen (secondary N) is 1. The molecule has 3 heteroatoms. The van der Waals surface area contributed by atoms with E-state index in [2.05, 4.69) is 72.2 Å². The van der Waals surface area contributed by atoms with Crippen molar-refractivity contribution in [2.45, 2.75) is 45.7 Å². The first-order chi connectivity index (χ1) is 8.54. The van der Waals surface area contributed by atoms with Gasteiger partial charge in [-0.25, -0.2) is 0 Å². The zero-order valence-corrected chi connectivity index (χ0v) is 13.7. The van der Waals surface area contributed by atoms with Gasteiger partial charge < -0.3 is 10.2 Å². The summed E-state index contributed by atoms with van der Waals surface area (Å²) in [5.74, 6) is 0. The van der Waals surface area contributed by atoms with Gasteiger partial charge in [0.2, 0.25) is 0 Å². The van der Waals surface area contributed by atoms with Crippen molar-refractivity contribution in [3.05, 3.63) is 28.2 Å². The van der Waals surface area contributed by atoms with Gasteiger partial charge in [-0.15, -0.1) is 0 Å². The summed E-state index contributed by atoms with van der Waals surface area (Å²) < 4.78 is 1.14. The monoisotopic (exact) mass is 312 g/mol. The summed E-state index contributed by atoms with van der Waals surface area (Å²) in [5, 5.41) is 3.33. The summed E-state index contributed by atoms with van der Waals surface area (Å²) in [7, 11) is 4.21. The van der Waals surface area contributed by atoms with Crippen LogP contribution in [0.4, 0.5) is 5.69 Å². The average Bonchev–Trinajstić information content (AvgIpc) is 2.38. The maximum atomic E-state index is 3.57. The van der Waals surface area contributed by atoms with Gasteiger partial charge in [-0.1, -0.05) is 29.8 Å². The van der Waals surface area contributed by atoms with Crippen LogP contribution in [-0.4, -0.2) is 20.1 Å². The van der Waals surface area contributed by atoms with Gasteiger partial charge in [0.25, 0.3) is 0 Å². The fourth-order valence-electron chi connectivity index (χ4n) is 2.38. The van der Waals surface area contributed by atoms with Gasteiger partial charge >= 0.3 is 0 Å². The summed E-state index contributed by atoms with van der Waals surface area (Å²) in [6.07, 6.45) is 2.35. The SMILES string of the molecule is CCC(CC)N(C)c1ccc(Br)cc1C(C)NC. The molecule has 0 bridgehead atoms. The molecule has 0 saturated carbocycles. The summed E-state index contributed by atoms with van der Waals surface area (Å²) >= 11 is 3.57. The number of halogens is 1. The summed E-state index contributed by atoms with van der Waals surface area (Å²) in [5.41, 5.74) is 2.68. The molecule has 1 aromatic rings. The molecule has 1 unspecified atom stereocenters. The fraction of sp³-hybridized carbons (Fsp3) is 0.600. The number of rotatable bonds is 6. The van der Waals surface area contributed by atoms with E-state index in [0.29, 0.717) is 12.1 Å². The molecule has 18 heavy (non-hydrogen) atoms. The van der Waals surface area contributed by atoms with Gasteiger partial charge in [-0.3, -0.25) is 0 Å². The highest BCUT2D eigenvalue weighted by atomic mass is 79.9. The van der Waals surface area contributed by atoms with Crippen LogP contribution in [0.15, 0.2) is 22.7 Å². The normalized spacial score (nSPS) is 12.8. The van der Waals surface area contributed by atoms with Crippen LogP contribution in [0, 0.1) is 0 Å². The number of nitrogens with zero attached hydrogens (tertiary/aromatic N) is 1. The van der Waals surface area contributed by atoms with Crippen LogP contribution in [0.5, 0.6) is 0 Å². The van der Waals surface area contributed by atoms with E-state index in [9.17, 15) is 0 Å². The minimum absolute atomic E-state index is 0.356. The lowest BCUT2D eigenvalue weighted by Crippen LogP contribution is -2.32. The summed E-state index contributed by atoms with van der Waals surface area (Å²) in [6.45, 7) is 6.71. The van der Waals surface area contributed by atoms with E-state index >= 15 is 0 Å². The Hall–Kier alpha value is -0.540. The Labute approximate surface area is 120 Å². The van der Waals surface area contributed by atoms with E-state index in [1.807, 2.05) is 7.05 Å². The molecule has 0 saturated heterocycles. The van der Waals surface area contributed by atoms with Gasteiger partial charge in [0.05, 0.1) is 0 Å². The zero-order chi connectivity index (χ0) is 13.7. The van der Waals surface area contributed by atoms with Gasteiger partial charge in [-0.05, 0) is 50.6 Å². The van der Waals surface area contributed by atoms with Gasteiger partial charge in [0.15, 0.2) is 0 Å².